The van der Waals surface area contributed by atoms with Crippen molar-refractivity contribution in [2.75, 3.05) is 14.2 Å². The lowest BCUT2D eigenvalue weighted by molar-refractivity contribution is -0.305. The number of ether oxygens (including phenoxy) is 4. The number of methoxy groups -OCH3 is 2. The van der Waals surface area contributed by atoms with Crippen LogP contribution in [0.3, 0.4) is 0 Å². The first-order valence-corrected chi connectivity index (χ1v) is 16.2. The molecule has 13 atom stereocenters. The number of benzene rings is 1. The maximum Gasteiger partial charge on any atom is 0.186 e. The molecule has 1 aromatic rings. The van der Waals surface area contributed by atoms with Crippen molar-refractivity contribution in [3.05, 3.63) is 35.4 Å². The van der Waals surface area contributed by atoms with Crippen LogP contribution >= 0.6 is 0 Å². The Kier molecular flexibility index (Phi) is 8.25. The predicted molar refractivity (Wildman–Crippen MR) is 161 cm³/mol. The number of carbonyl (C=O) groups is 1. The van der Waals surface area contributed by atoms with Crippen LogP contribution in [-0.2, 0) is 14.3 Å². The Morgan fingerprint density at radius 3 is 2.47 bits per heavy atom. The quantitative estimate of drug-likeness (QED) is 0.401. The molecule has 6 rings (SSSR count). The summed E-state index contributed by atoms with van der Waals surface area (Å²) in [5.74, 6) is 3.41. The second-order valence-electron chi connectivity index (χ2n) is 14.5. The topological polar surface area (TPSA) is 115 Å². The number of hydrogen-bond acceptors (Lipinski definition) is 8. The minimum atomic E-state index is -1.29. The molecule has 1 aliphatic heterocycles. The molecule has 0 amide bonds. The lowest BCUT2D eigenvalue weighted by Gasteiger charge is -2.58. The van der Waals surface area contributed by atoms with Crippen molar-refractivity contribution in [2.24, 2.45) is 34.5 Å². The minimum Gasteiger partial charge on any atom is -0.497 e. The van der Waals surface area contributed by atoms with Crippen LogP contribution in [0.2, 0.25) is 0 Å². The summed E-state index contributed by atoms with van der Waals surface area (Å²) in [7, 11) is 3.38. The lowest BCUT2D eigenvalue weighted by Crippen LogP contribution is -2.58. The molecular formula is C35H50O8. The monoisotopic (exact) mass is 598 g/mol. The third-order valence-corrected chi connectivity index (χ3v) is 12.5. The molecule has 1 aromatic carbocycles. The Bertz CT molecular complexity index is 1250. The number of fused-ring (bicyclic) bond motifs is 5. The molecule has 1 saturated heterocycles. The first-order valence-electron chi connectivity index (χ1n) is 16.2. The first-order chi connectivity index (χ1) is 20.4. The van der Waals surface area contributed by atoms with E-state index in [1.807, 2.05) is 12.1 Å². The number of Topliss-reactive ketones (excluding diaryl/α,β-unsaturated/α-hetero) is 1. The molecule has 3 saturated carbocycles. The minimum absolute atomic E-state index is 0.0556. The number of aliphatic hydroxyl groups excluding tert-OH is 3. The van der Waals surface area contributed by atoms with Crippen LogP contribution in [0.15, 0.2) is 29.8 Å². The fourth-order valence-corrected chi connectivity index (χ4v) is 10.3. The van der Waals surface area contributed by atoms with Crippen LogP contribution in [0.1, 0.15) is 84.1 Å². The van der Waals surface area contributed by atoms with E-state index in [0.717, 1.165) is 62.0 Å². The summed E-state index contributed by atoms with van der Waals surface area (Å²) in [6, 6.07) is 5.97. The third kappa shape index (κ3) is 4.96. The van der Waals surface area contributed by atoms with Crippen LogP contribution in [0.25, 0.3) is 0 Å². The molecule has 0 aromatic heterocycles. The van der Waals surface area contributed by atoms with Gasteiger partial charge in [-0.05, 0) is 111 Å². The van der Waals surface area contributed by atoms with Crippen molar-refractivity contribution in [2.45, 2.75) is 115 Å². The molecule has 1 heterocycles. The lowest BCUT2D eigenvalue weighted by atomic mass is 9.47. The molecule has 4 aliphatic carbocycles. The van der Waals surface area contributed by atoms with E-state index in [1.165, 1.54) is 5.57 Å². The van der Waals surface area contributed by atoms with Crippen molar-refractivity contribution in [1.82, 2.24) is 0 Å². The largest absolute Gasteiger partial charge is 0.497 e. The third-order valence-electron chi connectivity index (χ3n) is 12.5. The number of rotatable bonds is 6. The Hall–Kier alpha value is -1.97. The van der Waals surface area contributed by atoms with Gasteiger partial charge in [-0.25, -0.2) is 0 Å². The maximum atomic E-state index is 13.4. The van der Waals surface area contributed by atoms with Gasteiger partial charge < -0.3 is 34.3 Å². The standard InChI is InChI=1S/C35H50O8/c1-18(36)29-25(24-16-21(40-5)8-10-28(24)41-6)17-27-23-9-7-20-15-22(43-33-32(39)31(38)30(37)19(2)42-33)11-13-34(20,3)26(23)12-14-35(27,29)4/h7-8,10,16,19,22-23,25-27,29-33,37-39H,9,11-15,17H2,1-6H3/t19-,22?,23?,25?,26?,27?,29?,30+,31+,32-,33?,34?,35?/m0/s1. The van der Waals surface area contributed by atoms with E-state index in [4.69, 9.17) is 18.9 Å². The normalized spacial score (nSPS) is 45.8. The van der Waals surface area contributed by atoms with Gasteiger partial charge in [0.05, 0.1) is 26.4 Å². The van der Waals surface area contributed by atoms with Crippen molar-refractivity contribution >= 4 is 5.78 Å². The SMILES string of the molecule is COc1ccc(OC)c(C2CC3C4CC=C5CC(OC6O[C@@H](C)[C@@H](O)[C@@H](O)[C@@H]6O)CCC5(C)C4CCC3(C)C2C(C)=O)c1. The molecule has 8 nitrogen and oxygen atoms in total. The van der Waals surface area contributed by atoms with E-state index in [-0.39, 0.29) is 34.6 Å². The number of aliphatic hydroxyl groups is 3. The molecule has 8 heteroatoms. The van der Waals surface area contributed by atoms with Crippen LogP contribution in [-0.4, -0.2) is 72.1 Å². The van der Waals surface area contributed by atoms with Crippen LogP contribution in [0, 0.1) is 34.5 Å². The highest BCUT2D eigenvalue weighted by molar-refractivity contribution is 5.81. The summed E-state index contributed by atoms with van der Waals surface area (Å²) in [6.07, 6.45) is 3.78. The fourth-order valence-electron chi connectivity index (χ4n) is 10.3. The van der Waals surface area contributed by atoms with E-state index in [2.05, 4.69) is 26.0 Å². The number of carbonyl (C=O) groups excluding carboxylic acids is 1. The van der Waals surface area contributed by atoms with Crippen molar-refractivity contribution < 1.29 is 39.1 Å². The van der Waals surface area contributed by atoms with Gasteiger partial charge >= 0.3 is 0 Å². The molecule has 0 radical (unpaired) electrons. The highest BCUT2D eigenvalue weighted by Gasteiger charge is 2.62. The van der Waals surface area contributed by atoms with E-state index in [1.54, 1.807) is 28.1 Å². The number of ketones is 1. The van der Waals surface area contributed by atoms with Crippen molar-refractivity contribution in [1.29, 1.82) is 0 Å². The fraction of sp³-hybridized carbons (Fsp3) is 0.743. The van der Waals surface area contributed by atoms with Crippen molar-refractivity contribution in [3.8, 4) is 11.5 Å². The highest BCUT2D eigenvalue weighted by atomic mass is 16.7. The van der Waals surface area contributed by atoms with E-state index in [0.29, 0.717) is 17.8 Å². The van der Waals surface area contributed by atoms with Crippen LogP contribution < -0.4 is 9.47 Å². The van der Waals surface area contributed by atoms with Gasteiger partial charge in [0, 0.05) is 11.5 Å². The smallest absolute Gasteiger partial charge is 0.186 e. The second kappa shape index (κ2) is 11.4. The average molecular weight is 599 g/mol. The second-order valence-corrected chi connectivity index (χ2v) is 14.5. The molecule has 238 valence electrons. The zero-order valence-electron chi connectivity index (χ0n) is 26.5. The van der Waals surface area contributed by atoms with Gasteiger partial charge in [0.2, 0.25) is 0 Å². The average Bonchev–Trinajstić information content (AvgIpc) is 3.32. The Morgan fingerprint density at radius 2 is 1.77 bits per heavy atom. The molecule has 0 bridgehead atoms. The van der Waals surface area contributed by atoms with Gasteiger partial charge in [-0.2, -0.15) is 0 Å². The summed E-state index contributed by atoms with van der Waals surface area (Å²) in [6.45, 7) is 8.27. The van der Waals surface area contributed by atoms with E-state index < -0.39 is 30.7 Å². The van der Waals surface area contributed by atoms with Gasteiger partial charge in [-0.15, -0.1) is 0 Å². The van der Waals surface area contributed by atoms with Crippen molar-refractivity contribution in [3.63, 3.8) is 0 Å². The van der Waals surface area contributed by atoms with Gasteiger partial charge in [-0.3, -0.25) is 4.79 Å². The van der Waals surface area contributed by atoms with Gasteiger partial charge in [0.1, 0.15) is 35.6 Å². The molecule has 43 heavy (non-hydrogen) atoms. The molecule has 3 N–H and O–H groups in total. The Balaban J connectivity index is 1.24. The predicted octanol–water partition coefficient (Wildman–Crippen LogP) is 4.78. The van der Waals surface area contributed by atoms with E-state index >= 15 is 0 Å². The number of allylic oxidation sites excluding steroid dienone is 1. The van der Waals surface area contributed by atoms with Crippen LogP contribution in [0.4, 0.5) is 0 Å². The molecule has 9 unspecified atom stereocenters. The van der Waals surface area contributed by atoms with Crippen LogP contribution in [0.5, 0.6) is 11.5 Å². The van der Waals surface area contributed by atoms with Gasteiger partial charge in [0.25, 0.3) is 0 Å². The number of hydrogen-bond donors (Lipinski definition) is 3. The zero-order chi connectivity index (χ0) is 30.8. The molecule has 0 spiro atoms. The maximum absolute atomic E-state index is 13.4. The Morgan fingerprint density at radius 1 is 1.00 bits per heavy atom. The first kappa shape index (κ1) is 31.0. The van der Waals surface area contributed by atoms with Gasteiger partial charge in [-0.1, -0.05) is 25.5 Å². The molecule has 5 aliphatic rings. The van der Waals surface area contributed by atoms with Gasteiger partial charge in [0.15, 0.2) is 6.29 Å². The summed E-state index contributed by atoms with van der Waals surface area (Å²) in [4.78, 5) is 13.4. The highest BCUT2D eigenvalue weighted by Crippen LogP contribution is 2.69. The zero-order valence-corrected chi connectivity index (χ0v) is 26.5. The molecular weight excluding hydrogens is 548 g/mol. The summed E-state index contributed by atoms with van der Waals surface area (Å²) < 4.78 is 23.4. The molecule has 4 fully saturated rings. The summed E-state index contributed by atoms with van der Waals surface area (Å²) in [5.41, 5.74) is 2.52. The summed E-state index contributed by atoms with van der Waals surface area (Å²) in [5, 5.41) is 30.9. The Labute approximate surface area is 255 Å². The van der Waals surface area contributed by atoms with E-state index in [9.17, 15) is 20.1 Å². The summed E-state index contributed by atoms with van der Waals surface area (Å²) >= 11 is 0.